The van der Waals surface area contributed by atoms with Gasteiger partial charge in [-0.25, -0.2) is 0 Å². The van der Waals surface area contributed by atoms with Gasteiger partial charge in [0.25, 0.3) is 5.69 Å². The van der Waals surface area contributed by atoms with Gasteiger partial charge < -0.3 is 5.32 Å². The first-order valence-corrected chi connectivity index (χ1v) is 8.03. The van der Waals surface area contributed by atoms with Crippen LogP contribution in [0, 0.1) is 10.1 Å². The molecular weight excluding hydrogens is 286 g/mol. The molecule has 1 aromatic rings. The summed E-state index contributed by atoms with van der Waals surface area (Å²) in [7, 11) is 0. The number of para-hydroxylation sites is 1. The molecule has 1 aliphatic heterocycles. The number of quaternary nitrogens is 1. The molecule has 0 amide bonds. The molecule has 0 aliphatic carbocycles. The number of nitrogens with zero attached hydrogens (tertiary/aromatic N) is 1. The fourth-order valence-electron chi connectivity index (χ4n) is 3.44. The van der Waals surface area contributed by atoms with Gasteiger partial charge in [-0.15, -0.1) is 0 Å². The van der Waals surface area contributed by atoms with Crippen molar-refractivity contribution in [3.63, 3.8) is 0 Å². The summed E-state index contributed by atoms with van der Waals surface area (Å²) in [6.07, 6.45) is 2.09. The molecule has 0 saturated carbocycles. The van der Waals surface area contributed by atoms with E-state index >= 15 is 0 Å². The Hall–Kier alpha value is -1.11. The predicted molar refractivity (Wildman–Crippen MR) is 85.2 cm³/mol. The summed E-state index contributed by atoms with van der Waals surface area (Å²) in [6, 6.07) is 7.22. The van der Waals surface area contributed by atoms with Crippen molar-refractivity contribution in [3.05, 3.63) is 34.4 Å². The van der Waals surface area contributed by atoms with E-state index in [4.69, 9.17) is 0 Å². The number of nitrogens with two attached hydrogens (primary N) is 1. The van der Waals surface area contributed by atoms with Crippen molar-refractivity contribution >= 4 is 17.6 Å². The molecule has 116 valence electrons. The summed E-state index contributed by atoms with van der Waals surface area (Å²) in [5.74, 6) is 0. The first-order valence-electron chi connectivity index (χ1n) is 7.21. The fourth-order valence-corrected chi connectivity index (χ4v) is 4.30. The van der Waals surface area contributed by atoms with Crippen LogP contribution < -0.4 is 10.0 Å². The second-order valence-corrected chi connectivity index (χ2v) is 8.05. The third kappa shape index (κ3) is 4.43. The normalized spacial score (nSPS) is 21.1. The minimum atomic E-state index is -0.327. The highest BCUT2D eigenvalue weighted by Crippen LogP contribution is 2.29. The van der Waals surface area contributed by atoms with E-state index in [1.807, 2.05) is 6.07 Å². The second kappa shape index (κ2) is 5.94. The molecule has 0 bridgehead atoms. The summed E-state index contributed by atoms with van der Waals surface area (Å²) in [5.41, 5.74) is 0.529. The first kappa shape index (κ1) is 16.3. The maximum absolute atomic E-state index is 11.0. The van der Waals surface area contributed by atoms with Gasteiger partial charge in [0.2, 0.25) is 0 Å². The second-order valence-electron chi connectivity index (χ2n) is 7.17. The molecule has 1 fully saturated rings. The Kier molecular flexibility index (Phi) is 4.60. The van der Waals surface area contributed by atoms with Gasteiger partial charge in [-0.2, -0.15) is 0 Å². The summed E-state index contributed by atoms with van der Waals surface area (Å²) in [5, 5.41) is 13.5. The van der Waals surface area contributed by atoms with Gasteiger partial charge in [-0.1, -0.05) is 12.1 Å². The van der Waals surface area contributed by atoms with Crippen molar-refractivity contribution in [2.24, 2.45) is 0 Å². The molecular formula is C15H24N3O2S+. The van der Waals surface area contributed by atoms with Gasteiger partial charge in [0.15, 0.2) is 0 Å². The van der Waals surface area contributed by atoms with Crippen molar-refractivity contribution in [1.29, 1.82) is 0 Å². The average Bonchev–Trinajstić information content (AvgIpc) is 2.33. The summed E-state index contributed by atoms with van der Waals surface area (Å²) in [6.45, 7) is 8.99. The molecule has 3 N–H and O–H groups in total. The minimum Gasteiger partial charge on any atom is -0.337 e. The van der Waals surface area contributed by atoms with E-state index in [1.54, 1.807) is 18.2 Å². The van der Waals surface area contributed by atoms with Crippen molar-refractivity contribution in [1.82, 2.24) is 4.72 Å². The largest absolute Gasteiger partial charge is 0.337 e. The van der Waals surface area contributed by atoms with Gasteiger partial charge in [-0.05, 0) is 45.7 Å². The number of hydrogen-bond acceptors (Lipinski definition) is 4. The van der Waals surface area contributed by atoms with Crippen LogP contribution in [0.4, 0.5) is 5.69 Å². The molecule has 0 spiro atoms. The van der Waals surface area contributed by atoms with Crippen LogP contribution in [0.25, 0.3) is 0 Å². The predicted octanol–water partition coefficient (Wildman–Crippen LogP) is 2.47. The number of benzene rings is 1. The SMILES string of the molecule is CC1(C)CC(NSc2ccccc2[N+](=O)[O-])CC(C)(C)[NH2+]1. The van der Waals surface area contributed by atoms with E-state index < -0.39 is 0 Å². The number of nitro benzene ring substituents is 1. The van der Waals surface area contributed by atoms with Crippen LogP contribution >= 0.6 is 11.9 Å². The lowest BCUT2D eigenvalue weighted by molar-refractivity contribution is -0.787. The number of nitrogens with one attached hydrogen (secondary N) is 1. The Bertz CT molecular complexity index is 515. The van der Waals surface area contributed by atoms with E-state index in [0.717, 1.165) is 12.8 Å². The van der Waals surface area contributed by atoms with Crippen LogP contribution in [-0.4, -0.2) is 22.0 Å². The van der Waals surface area contributed by atoms with Gasteiger partial charge >= 0.3 is 0 Å². The molecule has 0 unspecified atom stereocenters. The molecule has 5 nitrogen and oxygen atoms in total. The van der Waals surface area contributed by atoms with Gasteiger partial charge in [0, 0.05) is 24.9 Å². The molecule has 0 radical (unpaired) electrons. The molecule has 1 heterocycles. The Balaban J connectivity index is 2.05. The fraction of sp³-hybridized carbons (Fsp3) is 0.600. The summed E-state index contributed by atoms with van der Waals surface area (Å²) >= 11 is 1.38. The van der Waals surface area contributed by atoms with Crippen molar-refractivity contribution in [2.75, 3.05) is 0 Å². The Morgan fingerprint density at radius 3 is 2.38 bits per heavy atom. The number of rotatable bonds is 4. The van der Waals surface area contributed by atoms with Crippen molar-refractivity contribution in [2.45, 2.75) is 62.6 Å². The maximum Gasteiger partial charge on any atom is 0.284 e. The van der Waals surface area contributed by atoms with Crippen LogP contribution in [0.1, 0.15) is 40.5 Å². The molecule has 6 heteroatoms. The Labute approximate surface area is 130 Å². The van der Waals surface area contributed by atoms with Gasteiger partial charge in [0.1, 0.15) is 4.90 Å². The van der Waals surface area contributed by atoms with Crippen LogP contribution in [0.2, 0.25) is 0 Å². The number of nitro groups is 1. The van der Waals surface area contributed by atoms with Crippen molar-refractivity contribution < 1.29 is 10.2 Å². The monoisotopic (exact) mass is 310 g/mol. The highest BCUT2D eigenvalue weighted by atomic mass is 32.2. The minimum absolute atomic E-state index is 0.163. The molecule has 1 aromatic carbocycles. The average molecular weight is 310 g/mol. The quantitative estimate of drug-likeness (QED) is 0.509. The highest BCUT2D eigenvalue weighted by Gasteiger charge is 2.41. The van der Waals surface area contributed by atoms with Crippen LogP contribution in [-0.2, 0) is 0 Å². The smallest absolute Gasteiger partial charge is 0.284 e. The Morgan fingerprint density at radius 2 is 1.81 bits per heavy atom. The molecule has 1 aliphatic rings. The van der Waals surface area contributed by atoms with Crippen molar-refractivity contribution in [3.8, 4) is 0 Å². The zero-order chi connectivity index (χ0) is 15.7. The summed E-state index contributed by atoms with van der Waals surface area (Å²) in [4.78, 5) is 11.4. The third-order valence-corrected chi connectivity index (χ3v) is 4.74. The molecule has 2 rings (SSSR count). The van der Waals surface area contributed by atoms with E-state index in [2.05, 4.69) is 37.7 Å². The first-order chi connectivity index (χ1) is 9.69. The lowest BCUT2D eigenvalue weighted by Gasteiger charge is -2.43. The lowest BCUT2D eigenvalue weighted by Crippen LogP contribution is -3.06. The van der Waals surface area contributed by atoms with E-state index in [0.29, 0.717) is 10.9 Å². The Morgan fingerprint density at radius 1 is 1.24 bits per heavy atom. The van der Waals surface area contributed by atoms with Crippen LogP contribution in [0.3, 0.4) is 0 Å². The molecule has 21 heavy (non-hydrogen) atoms. The van der Waals surface area contributed by atoms with Crippen LogP contribution in [0.5, 0.6) is 0 Å². The van der Waals surface area contributed by atoms with Gasteiger partial charge in [0.05, 0.1) is 16.0 Å². The molecule has 0 aromatic heterocycles. The zero-order valence-electron chi connectivity index (χ0n) is 13.1. The number of hydrogen-bond donors (Lipinski definition) is 2. The van der Waals surface area contributed by atoms with E-state index in [9.17, 15) is 10.1 Å². The summed E-state index contributed by atoms with van der Waals surface area (Å²) < 4.78 is 3.44. The standard InChI is InChI=1S/C15H23N3O2S/c1-14(2)9-11(10-15(3,4)17-14)16-21-13-8-6-5-7-12(13)18(19)20/h5-8,11,16-17H,9-10H2,1-4H3/p+1. The van der Waals surface area contributed by atoms with E-state index in [-0.39, 0.29) is 21.7 Å². The number of piperidine rings is 1. The molecule has 0 atom stereocenters. The zero-order valence-corrected chi connectivity index (χ0v) is 13.9. The topological polar surface area (TPSA) is 71.8 Å². The van der Waals surface area contributed by atoms with Crippen LogP contribution in [0.15, 0.2) is 29.2 Å². The van der Waals surface area contributed by atoms with Gasteiger partial charge in [-0.3, -0.25) is 14.8 Å². The lowest BCUT2D eigenvalue weighted by atomic mass is 9.80. The molecule has 1 saturated heterocycles. The maximum atomic E-state index is 11.0. The van der Waals surface area contributed by atoms with E-state index in [1.165, 1.54) is 11.9 Å². The highest BCUT2D eigenvalue weighted by molar-refractivity contribution is 7.97. The third-order valence-electron chi connectivity index (χ3n) is 3.72.